The molecule has 2 rings (SSSR count). The molecule has 0 aromatic heterocycles. The second-order valence-electron chi connectivity index (χ2n) is 4.49. The predicted octanol–water partition coefficient (Wildman–Crippen LogP) is 3.40. The summed E-state index contributed by atoms with van der Waals surface area (Å²) in [6.45, 7) is 2.02. The molecule has 1 nitrogen and oxygen atoms in total. The first-order valence-electron chi connectivity index (χ1n) is 6.15. The summed E-state index contributed by atoms with van der Waals surface area (Å²) in [6.07, 6.45) is 0.909. The van der Waals surface area contributed by atoms with Crippen molar-refractivity contribution in [3.05, 3.63) is 71.3 Å². The summed E-state index contributed by atoms with van der Waals surface area (Å²) in [5, 5.41) is 0. The molecule has 2 heteroatoms. The van der Waals surface area contributed by atoms with Gasteiger partial charge in [-0.2, -0.15) is 0 Å². The van der Waals surface area contributed by atoms with Gasteiger partial charge in [0.1, 0.15) is 0 Å². The van der Waals surface area contributed by atoms with Crippen LogP contribution >= 0.6 is 12.4 Å². The highest BCUT2D eigenvalue weighted by molar-refractivity contribution is 5.85. The maximum Gasteiger partial charge on any atom is 0.0249 e. The molecule has 98 valence electrons. The molecule has 2 N–H and O–H groups in total. The number of nitrogens with two attached hydrogens (primary N) is 1. The Hall–Kier alpha value is -1.75. The van der Waals surface area contributed by atoms with E-state index in [0.717, 1.165) is 17.5 Å². The minimum absolute atomic E-state index is 0. The first-order chi connectivity index (χ1) is 8.74. The van der Waals surface area contributed by atoms with Crippen molar-refractivity contribution < 1.29 is 0 Å². The molecule has 0 amide bonds. The fourth-order valence-corrected chi connectivity index (χ4v) is 1.76. The molecule has 0 saturated heterocycles. The van der Waals surface area contributed by atoms with Gasteiger partial charge in [0.25, 0.3) is 0 Å². The SMILES string of the molecule is CC(N)Cc1ccc(C#Cc2ccccc2)cc1.Cl. The van der Waals surface area contributed by atoms with Crippen molar-refractivity contribution in [1.82, 2.24) is 0 Å². The van der Waals surface area contributed by atoms with Crippen molar-refractivity contribution in [2.75, 3.05) is 0 Å². The normalized spacial score (nSPS) is 10.8. The van der Waals surface area contributed by atoms with E-state index in [-0.39, 0.29) is 18.4 Å². The zero-order valence-electron chi connectivity index (χ0n) is 11.0. The van der Waals surface area contributed by atoms with Crippen LogP contribution in [0.4, 0.5) is 0 Å². The van der Waals surface area contributed by atoms with Crippen LogP contribution < -0.4 is 5.73 Å². The summed E-state index contributed by atoms with van der Waals surface area (Å²) >= 11 is 0. The Bertz CT molecular complexity index is 547. The summed E-state index contributed by atoms with van der Waals surface area (Å²) in [5.74, 6) is 6.31. The zero-order valence-corrected chi connectivity index (χ0v) is 11.8. The van der Waals surface area contributed by atoms with Crippen LogP contribution in [0.25, 0.3) is 0 Å². The Labute approximate surface area is 121 Å². The molecular formula is C17H18ClN. The van der Waals surface area contributed by atoms with Gasteiger partial charge in [0, 0.05) is 17.2 Å². The lowest BCUT2D eigenvalue weighted by Gasteiger charge is -2.04. The van der Waals surface area contributed by atoms with Crippen molar-refractivity contribution >= 4 is 12.4 Å². The van der Waals surface area contributed by atoms with Crippen molar-refractivity contribution in [2.24, 2.45) is 5.73 Å². The van der Waals surface area contributed by atoms with Gasteiger partial charge in [-0.1, -0.05) is 42.2 Å². The van der Waals surface area contributed by atoms with Crippen LogP contribution in [0, 0.1) is 11.8 Å². The Balaban J connectivity index is 0.00000180. The van der Waals surface area contributed by atoms with Crippen molar-refractivity contribution in [1.29, 1.82) is 0 Å². The van der Waals surface area contributed by atoms with Crippen molar-refractivity contribution in [2.45, 2.75) is 19.4 Å². The standard InChI is InChI=1S/C17H17N.ClH/c1-14(18)13-17-11-9-16(10-12-17)8-7-15-5-3-2-4-6-15;/h2-6,9-12,14H,13,18H2,1H3;1H. The number of rotatable bonds is 2. The second kappa shape index (κ2) is 7.63. The molecule has 0 radical (unpaired) electrons. The van der Waals surface area contributed by atoms with E-state index in [1.54, 1.807) is 0 Å². The van der Waals surface area contributed by atoms with Gasteiger partial charge in [0.2, 0.25) is 0 Å². The fourth-order valence-electron chi connectivity index (χ4n) is 1.76. The monoisotopic (exact) mass is 271 g/mol. The summed E-state index contributed by atoms with van der Waals surface area (Å²) in [5.41, 5.74) is 9.10. The maximum atomic E-state index is 5.77. The van der Waals surface area contributed by atoms with E-state index in [1.165, 1.54) is 5.56 Å². The van der Waals surface area contributed by atoms with E-state index in [0.29, 0.717) is 0 Å². The van der Waals surface area contributed by atoms with E-state index in [4.69, 9.17) is 5.73 Å². The third-order valence-electron chi connectivity index (χ3n) is 2.64. The molecule has 0 fully saturated rings. The summed E-state index contributed by atoms with van der Waals surface area (Å²) in [7, 11) is 0. The number of benzene rings is 2. The maximum absolute atomic E-state index is 5.77. The lowest BCUT2D eigenvalue weighted by Crippen LogP contribution is -2.17. The lowest BCUT2D eigenvalue weighted by molar-refractivity contribution is 0.738. The summed E-state index contributed by atoms with van der Waals surface area (Å²) in [4.78, 5) is 0. The number of hydrogen-bond acceptors (Lipinski definition) is 1. The van der Waals surface area contributed by atoms with Gasteiger partial charge >= 0.3 is 0 Å². The molecule has 0 heterocycles. The molecule has 0 aliphatic rings. The van der Waals surface area contributed by atoms with Crippen LogP contribution in [0.5, 0.6) is 0 Å². The van der Waals surface area contributed by atoms with E-state index < -0.39 is 0 Å². The van der Waals surface area contributed by atoms with Crippen LogP contribution in [-0.4, -0.2) is 6.04 Å². The first kappa shape index (κ1) is 15.3. The van der Waals surface area contributed by atoms with Crippen LogP contribution in [0.3, 0.4) is 0 Å². The molecule has 0 spiro atoms. The Morgan fingerprint density at radius 3 is 1.95 bits per heavy atom. The quantitative estimate of drug-likeness (QED) is 0.833. The summed E-state index contributed by atoms with van der Waals surface area (Å²) < 4.78 is 0. The van der Waals surface area contributed by atoms with Crippen molar-refractivity contribution in [3.8, 4) is 11.8 Å². The van der Waals surface area contributed by atoms with Crippen molar-refractivity contribution in [3.63, 3.8) is 0 Å². The van der Waals surface area contributed by atoms with Crippen LogP contribution in [-0.2, 0) is 6.42 Å². The zero-order chi connectivity index (χ0) is 12.8. The van der Waals surface area contributed by atoms with E-state index in [1.807, 2.05) is 49.4 Å². The van der Waals surface area contributed by atoms with Gasteiger partial charge in [0.05, 0.1) is 0 Å². The second-order valence-corrected chi connectivity index (χ2v) is 4.49. The molecule has 0 aliphatic heterocycles. The predicted molar refractivity (Wildman–Crippen MR) is 83.5 cm³/mol. The van der Waals surface area contributed by atoms with Gasteiger partial charge < -0.3 is 5.73 Å². The molecule has 19 heavy (non-hydrogen) atoms. The highest BCUT2D eigenvalue weighted by Gasteiger charge is 1.96. The van der Waals surface area contributed by atoms with Gasteiger partial charge in [-0.3, -0.25) is 0 Å². The summed E-state index contributed by atoms with van der Waals surface area (Å²) in [6, 6.07) is 18.5. The Kier molecular flexibility index (Phi) is 6.15. The molecule has 1 atom stereocenters. The van der Waals surface area contributed by atoms with E-state index in [2.05, 4.69) is 24.0 Å². The minimum Gasteiger partial charge on any atom is -0.328 e. The fraction of sp³-hybridized carbons (Fsp3) is 0.176. The van der Waals surface area contributed by atoms with Crippen LogP contribution in [0.15, 0.2) is 54.6 Å². The lowest BCUT2D eigenvalue weighted by atomic mass is 10.1. The van der Waals surface area contributed by atoms with Gasteiger partial charge in [-0.15, -0.1) is 12.4 Å². The van der Waals surface area contributed by atoms with E-state index in [9.17, 15) is 0 Å². The average molecular weight is 272 g/mol. The van der Waals surface area contributed by atoms with Gasteiger partial charge in [-0.05, 0) is 43.2 Å². The number of hydrogen-bond donors (Lipinski definition) is 1. The molecule has 0 aliphatic carbocycles. The topological polar surface area (TPSA) is 26.0 Å². The third kappa shape index (κ3) is 5.18. The molecule has 0 bridgehead atoms. The highest BCUT2D eigenvalue weighted by Crippen LogP contribution is 2.06. The Morgan fingerprint density at radius 1 is 0.895 bits per heavy atom. The molecule has 2 aromatic carbocycles. The van der Waals surface area contributed by atoms with Crippen LogP contribution in [0.1, 0.15) is 23.6 Å². The number of halogens is 1. The molecule has 1 unspecified atom stereocenters. The van der Waals surface area contributed by atoms with E-state index >= 15 is 0 Å². The highest BCUT2D eigenvalue weighted by atomic mass is 35.5. The minimum atomic E-state index is 0. The average Bonchev–Trinajstić information content (AvgIpc) is 2.38. The van der Waals surface area contributed by atoms with Gasteiger partial charge in [-0.25, -0.2) is 0 Å². The van der Waals surface area contributed by atoms with Crippen LogP contribution in [0.2, 0.25) is 0 Å². The molecular weight excluding hydrogens is 254 g/mol. The molecule has 2 aromatic rings. The first-order valence-corrected chi connectivity index (χ1v) is 6.15. The van der Waals surface area contributed by atoms with Gasteiger partial charge in [0.15, 0.2) is 0 Å². The Morgan fingerprint density at radius 2 is 1.42 bits per heavy atom. The third-order valence-corrected chi connectivity index (χ3v) is 2.64. The molecule has 0 saturated carbocycles. The largest absolute Gasteiger partial charge is 0.328 e. The smallest absolute Gasteiger partial charge is 0.0249 e.